The minimum absolute atomic E-state index is 0.199. The van der Waals surface area contributed by atoms with E-state index >= 15 is 0 Å². The lowest BCUT2D eigenvalue weighted by molar-refractivity contribution is 0.484. The molecule has 29 heavy (non-hydrogen) atoms. The summed E-state index contributed by atoms with van der Waals surface area (Å²) in [5, 5.41) is 3.29. The van der Waals surface area contributed by atoms with Gasteiger partial charge in [-0.25, -0.2) is 9.78 Å². The number of hydrogen-bond acceptors (Lipinski definition) is 5. The lowest BCUT2D eigenvalue weighted by Gasteiger charge is -2.10. The number of imidazole rings is 1. The van der Waals surface area contributed by atoms with Crippen LogP contribution in [0.25, 0.3) is 16.8 Å². The lowest BCUT2D eigenvalue weighted by Crippen LogP contribution is -2.23. The van der Waals surface area contributed by atoms with Crippen molar-refractivity contribution in [1.29, 1.82) is 0 Å². The normalized spacial score (nSPS) is 13.3. The fourth-order valence-electron chi connectivity index (χ4n) is 3.16. The van der Waals surface area contributed by atoms with Gasteiger partial charge in [-0.05, 0) is 42.0 Å². The highest BCUT2D eigenvalue weighted by atomic mass is 32.3. The average Bonchev–Trinajstić information content (AvgIpc) is 3.14. The molecule has 2 heterocycles. The molecular weight excluding hydrogens is 388 g/mol. The van der Waals surface area contributed by atoms with Crippen LogP contribution < -0.4 is 11.0 Å². The molecule has 0 saturated heterocycles. The molecule has 0 amide bonds. The van der Waals surface area contributed by atoms with Crippen LogP contribution in [0.3, 0.4) is 0 Å². The number of benzene rings is 2. The fourth-order valence-corrected chi connectivity index (χ4v) is 3.79. The number of anilines is 1. The van der Waals surface area contributed by atoms with E-state index < -0.39 is 10.2 Å². The first-order chi connectivity index (χ1) is 13.8. The Morgan fingerprint density at radius 1 is 1.07 bits per heavy atom. The molecule has 1 unspecified atom stereocenters. The van der Waals surface area contributed by atoms with E-state index in [1.54, 1.807) is 43.7 Å². The lowest BCUT2D eigenvalue weighted by atomic mass is 10.1. The molecule has 2 aromatic carbocycles. The van der Waals surface area contributed by atoms with Gasteiger partial charge in [0.1, 0.15) is 6.26 Å². The van der Waals surface area contributed by atoms with Crippen molar-refractivity contribution in [2.24, 2.45) is 7.05 Å². The summed E-state index contributed by atoms with van der Waals surface area (Å²) in [5.41, 5.74) is 3.56. The van der Waals surface area contributed by atoms with Crippen LogP contribution in [0.4, 0.5) is 5.69 Å². The first-order valence-electron chi connectivity index (χ1n) is 9.00. The Balaban J connectivity index is 1.74. The molecule has 0 bridgehead atoms. The van der Waals surface area contributed by atoms with E-state index in [0.717, 1.165) is 22.5 Å². The Bertz CT molecular complexity index is 1270. The highest BCUT2D eigenvalue weighted by molar-refractivity contribution is 7.97. The Hall–Kier alpha value is -3.23. The molecule has 4 rings (SSSR count). The van der Waals surface area contributed by atoms with Crippen LogP contribution in [0.1, 0.15) is 5.69 Å². The monoisotopic (exact) mass is 408 g/mol. The zero-order valence-electron chi connectivity index (χ0n) is 16.0. The number of aryl methyl sites for hydroxylation is 1. The summed E-state index contributed by atoms with van der Waals surface area (Å²) >= 11 is 0. The van der Waals surface area contributed by atoms with Crippen LogP contribution >= 0.6 is 0 Å². The Labute approximate surface area is 168 Å². The molecule has 0 spiro atoms. The van der Waals surface area contributed by atoms with E-state index in [1.165, 1.54) is 15.2 Å². The quantitative estimate of drug-likeness (QED) is 0.513. The summed E-state index contributed by atoms with van der Waals surface area (Å²) in [5.74, 6) is 0. The number of aromatic nitrogens is 3. The van der Waals surface area contributed by atoms with Gasteiger partial charge >= 0.3 is 5.69 Å². The van der Waals surface area contributed by atoms with E-state index in [0.29, 0.717) is 12.2 Å². The van der Waals surface area contributed by atoms with Gasteiger partial charge in [-0.1, -0.05) is 18.2 Å². The van der Waals surface area contributed by atoms with Crippen molar-refractivity contribution in [1.82, 2.24) is 14.0 Å². The third-order valence-electron chi connectivity index (χ3n) is 4.67. The van der Waals surface area contributed by atoms with Crippen LogP contribution in [0.15, 0.2) is 76.7 Å². The molecule has 7 nitrogen and oxygen atoms in total. The van der Waals surface area contributed by atoms with E-state index in [9.17, 15) is 13.6 Å². The Morgan fingerprint density at radius 3 is 2.41 bits per heavy atom. The summed E-state index contributed by atoms with van der Waals surface area (Å²) in [7, 11) is -1.59. The van der Waals surface area contributed by atoms with Crippen molar-refractivity contribution in [2.45, 2.75) is 11.4 Å². The van der Waals surface area contributed by atoms with Gasteiger partial charge in [0.05, 0.1) is 22.5 Å². The third-order valence-corrected chi connectivity index (χ3v) is 5.80. The van der Waals surface area contributed by atoms with Gasteiger partial charge in [-0.15, -0.1) is 4.21 Å². The minimum atomic E-state index is -3.27. The number of hydrogen-bond donors (Lipinski definition) is 1. The van der Waals surface area contributed by atoms with Gasteiger partial charge in [-0.3, -0.25) is 4.40 Å². The molecule has 4 aromatic rings. The van der Waals surface area contributed by atoms with Gasteiger partial charge in [0.25, 0.3) is 0 Å². The SMILES string of the molecule is Cn1cc(-c2ccc([S+](C)(=O)[O-])cc2)c2nc(CNc3ccccc3)cn2c1=O. The van der Waals surface area contributed by atoms with Gasteiger partial charge in [0.2, 0.25) is 0 Å². The molecule has 1 N–H and O–H groups in total. The first kappa shape index (κ1) is 19.1. The van der Waals surface area contributed by atoms with E-state index in [2.05, 4.69) is 10.3 Å². The first-order valence-corrected chi connectivity index (χ1v) is 10.9. The molecule has 0 radical (unpaired) electrons. The smallest absolute Gasteiger partial charge is 0.333 e. The maximum Gasteiger partial charge on any atom is 0.333 e. The maximum absolute atomic E-state index is 12.6. The van der Waals surface area contributed by atoms with Crippen molar-refractivity contribution in [3.63, 3.8) is 0 Å². The van der Waals surface area contributed by atoms with Gasteiger partial charge in [-0.2, -0.15) is 0 Å². The third kappa shape index (κ3) is 3.85. The molecule has 2 aromatic heterocycles. The van der Waals surface area contributed by atoms with Crippen LogP contribution in [-0.4, -0.2) is 24.8 Å². The number of para-hydroxylation sites is 1. The molecule has 0 aliphatic rings. The summed E-state index contributed by atoms with van der Waals surface area (Å²) < 4.78 is 26.4. The highest BCUT2D eigenvalue weighted by Crippen LogP contribution is 2.25. The largest absolute Gasteiger partial charge is 0.610 e. The van der Waals surface area contributed by atoms with Gasteiger partial charge < -0.3 is 14.4 Å². The van der Waals surface area contributed by atoms with Crippen LogP contribution in [0.2, 0.25) is 0 Å². The second-order valence-electron chi connectivity index (χ2n) is 6.88. The standard InChI is InChI=1S/C21H20N4O3S/c1-24-14-19(15-8-10-18(11-9-15)29(2,27)28)20-23-17(13-25(20)21(24)26)12-22-16-6-4-3-5-7-16/h3-11,13-14,22H,12H2,1-2H3. The topological polar surface area (TPSA) is 91.5 Å². The molecule has 0 saturated carbocycles. The molecule has 0 fully saturated rings. The summed E-state index contributed by atoms with van der Waals surface area (Å²) in [6.07, 6.45) is 4.61. The molecule has 1 atom stereocenters. The minimum Gasteiger partial charge on any atom is -0.610 e. The van der Waals surface area contributed by atoms with Crippen LogP contribution in [-0.2, 0) is 28.0 Å². The van der Waals surface area contributed by atoms with Crippen molar-refractivity contribution in [3.8, 4) is 11.1 Å². The maximum atomic E-state index is 12.6. The second kappa shape index (κ2) is 7.31. The molecular formula is C21H20N4O3S. The highest BCUT2D eigenvalue weighted by Gasteiger charge is 2.15. The van der Waals surface area contributed by atoms with Crippen molar-refractivity contribution >= 4 is 21.5 Å². The fraction of sp³-hybridized carbons (Fsp3) is 0.143. The number of nitrogens with zero attached hydrogens (tertiary/aromatic N) is 3. The summed E-state index contributed by atoms with van der Waals surface area (Å²) in [4.78, 5) is 17.5. The predicted octanol–water partition coefficient (Wildman–Crippen LogP) is 2.93. The summed E-state index contributed by atoms with van der Waals surface area (Å²) in [6.45, 7) is 0.474. The zero-order chi connectivity index (χ0) is 20.6. The zero-order valence-corrected chi connectivity index (χ0v) is 16.8. The Kier molecular flexibility index (Phi) is 4.81. The summed E-state index contributed by atoms with van der Waals surface area (Å²) in [6, 6.07) is 16.3. The Morgan fingerprint density at radius 2 is 1.76 bits per heavy atom. The second-order valence-corrected chi connectivity index (χ2v) is 8.89. The number of rotatable bonds is 5. The number of sulfone groups is 1. The van der Waals surface area contributed by atoms with E-state index in [-0.39, 0.29) is 10.6 Å². The number of fused-ring (bicyclic) bond motifs is 1. The van der Waals surface area contributed by atoms with Gasteiger partial charge in [0.15, 0.2) is 10.5 Å². The predicted molar refractivity (Wildman–Crippen MR) is 113 cm³/mol. The van der Waals surface area contributed by atoms with E-state index in [4.69, 9.17) is 0 Å². The van der Waals surface area contributed by atoms with E-state index in [1.807, 2.05) is 30.3 Å². The van der Waals surface area contributed by atoms with Crippen LogP contribution in [0.5, 0.6) is 0 Å². The molecule has 0 aliphatic carbocycles. The van der Waals surface area contributed by atoms with Crippen molar-refractivity contribution < 1.29 is 8.76 Å². The number of nitrogens with one attached hydrogen (secondary N) is 1. The molecule has 148 valence electrons. The van der Waals surface area contributed by atoms with Crippen molar-refractivity contribution in [3.05, 3.63) is 83.2 Å². The molecule has 0 aliphatic heterocycles. The molecule has 8 heteroatoms. The van der Waals surface area contributed by atoms with Crippen LogP contribution in [0, 0.1) is 0 Å². The average molecular weight is 408 g/mol. The van der Waals surface area contributed by atoms with Gasteiger partial charge in [0, 0.05) is 30.7 Å². The van der Waals surface area contributed by atoms with Crippen molar-refractivity contribution in [2.75, 3.05) is 11.6 Å².